The van der Waals surface area contributed by atoms with E-state index in [4.69, 9.17) is 0 Å². The largest absolute Gasteiger partial charge is 0.390 e. The Labute approximate surface area is 96.6 Å². The third-order valence-electron chi connectivity index (χ3n) is 3.75. The van der Waals surface area contributed by atoms with Crippen LogP contribution < -0.4 is 4.48 Å². The Morgan fingerprint density at radius 1 is 1.38 bits per heavy atom. The third kappa shape index (κ3) is 1.56. The van der Waals surface area contributed by atoms with E-state index >= 15 is 0 Å². The van der Waals surface area contributed by atoms with E-state index in [1.165, 1.54) is 5.69 Å². The number of para-hydroxylation sites is 2. The Balaban J connectivity index is 2.57. The normalized spacial score (nSPS) is 28.5. The average molecular weight is 219 g/mol. The Morgan fingerprint density at radius 2 is 2.06 bits per heavy atom. The highest BCUT2D eigenvalue weighted by molar-refractivity contribution is 5.95. The molecule has 0 saturated heterocycles. The molecule has 1 heterocycles. The van der Waals surface area contributed by atoms with Crippen molar-refractivity contribution in [3.05, 3.63) is 24.3 Å². The van der Waals surface area contributed by atoms with Crippen molar-refractivity contribution in [2.24, 2.45) is 4.99 Å². The van der Waals surface area contributed by atoms with Crippen molar-refractivity contribution in [1.29, 1.82) is 0 Å². The van der Waals surface area contributed by atoms with Gasteiger partial charge in [0, 0.05) is 6.07 Å². The van der Waals surface area contributed by atoms with Crippen LogP contribution in [0.1, 0.15) is 13.8 Å². The predicted octanol–water partition coefficient (Wildman–Crippen LogP) is 2.11. The fraction of sp³-hybridized carbons (Fsp3) is 0.462. The number of benzene rings is 1. The summed E-state index contributed by atoms with van der Waals surface area (Å²) in [6, 6.07) is 8.52. The first-order valence-corrected chi connectivity index (χ1v) is 5.70. The summed E-state index contributed by atoms with van der Waals surface area (Å²) < 4.78 is 0.738. The van der Waals surface area contributed by atoms with Gasteiger partial charge in [-0.3, -0.25) is 4.48 Å². The number of aliphatic hydroxyl groups is 1. The number of hydrogen-bond acceptors (Lipinski definition) is 2. The highest BCUT2D eigenvalue weighted by atomic mass is 16.3. The van der Waals surface area contributed by atoms with Crippen molar-refractivity contribution < 1.29 is 5.11 Å². The molecule has 1 aliphatic rings. The molecule has 1 aliphatic heterocycles. The Bertz CT molecular complexity index is 428. The molecule has 0 amide bonds. The van der Waals surface area contributed by atoms with Crippen molar-refractivity contribution in [3.8, 4) is 0 Å². The fourth-order valence-corrected chi connectivity index (χ4v) is 2.42. The SMILES string of the molecule is CC1=Nc2ccccc2[N+](C)(CCO)C1C. The van der Waals surface area contributed by atoms with Crippen LogP contribution in [0.15, 0.2) is 29.3 Å². The molecule has 2 atom stereocenters. The number of nitrogens with zero attached hydrogens (tertiary/aromatic N) is 2. The van der Waals surface area contributed by atoms with E-state index in [9.17, 15) is 5.11 Å². The quantitative estimate of drug-likeness (QED) is 0.759. The highest BCUT2D eigenvalue weighted by Crippen LogP contribution is 2.38. The maximum Gasteiger partial charge on any atom is 0.159 e. The molecule has 0 aromatic heterocycles. The van der Waals surface area contributed by atoms with Crippen LogP contribution in [0.4, 0.5) is 11.4 Å². The van der Waals surface area contributed by atoms with Gasteiger partial charge < -0.3 is 5.11 Å². The van der Waals surface area contributed by atoms with Crippen LogP contribution in [0.5, 0.6) is 0 Å². The summed E-state index contributed by atoms with van der Waals surface area (Å²) in [5, 5.41) is 9.26. The molecule has 3 nitrogen and oxygen atoms in total. The molecular weight excluding hydrogens is 200 g/mol. The van der Waals surface area contributed by atoms with Crippen LogP contribution >= 0.6 is 0 Å². The van der Waals surface area contributed by atoms with Gasteiger partial charge in [-0.25, -0.2) is 4.99 Å². The summed E-state index contributed by atoms with van der Waals surface area (Å²) in [5.41, 5.74) is 3.37. The number of aliphatic hydroxyl groups excluding tert-OH is 1. The zero-order chi connectivity index (χ0) is 11.8. The average Bonchev–Trinajstić information content (AvgIpc) is 2.27. The summed E-state index contributed by atoms with van der Waals surface area (Å²) in [6.07, 6.45) is 0. The van der Waals surface area contributed by atoms with E-state index in [-0.39, 0.29) is 6.61 Å². The van der Waals surface area contributed by atoms with E-state index in [1.54, 1.807) is 0 Å². The van der Waals surface area contributed by atoms with Crippen molar-refractivity contribution in [2.45, 2.75) is 19.9 Å². The van der Waals surface area contributed by atoms with E-state index < -0.39 is 0 Å². The van der Waals surface area contributed by atoms with Gasteiger partial charge in [-0.05, 0) is 19.9 Å². The van der Waals surface area contributed by atoms with Crippen LogP contribution in [0.25, 0.3) is 0 Å². The first-order valence-electron chi connectivity index (χ1n) is 5.70. The van der Waals surface area contributed by atoms with Crippen LogP contribution in [-0.4, -0.2) is 37.1 Å². The molecule has 16 heavy (non-hydrogen) atoms. The van der Waals surface area contributed by atoms with E-state index in [2.05, 4.69) is 32.0 Å². The lowest BCUT2D eigenvalue weighted by molar-refractivity contribution is 0.211. The number of fused-ring (bicyclic) bond motifs is 1. The molecular formula is C13H19N2O+. The smallest absolute Gasteiger partial charge is 0.159 e. The number of hydrogen-bond donors (Lipinski definition) is 1. The van der Waals surface area contributed by atoms with Gasteiger partial charge in [-0.15, -0.1) is 0 Å². The number of rotatable bonds is 2. The lowest BCUT2D eigenvalue weighted by atomic mass is 10.0. The van der Waals surface area contributed by atoms with Crippen molar-refractivity contribution >= 4 is 17.1 Å². The van der Waals surface area contributed by atoms with Gasteiger partial charge in [-0.2, -0.15) is 0 Å². The molecule has 0 bridgehead atoms. The maximum atomic E-state index is 9.26. The third-order valence-corrected chi connectivity index (χ3v) is 3.75. The number of likely N-dealkylation sites (N-methyl/N-ethyl adjacent to an activating group) is 1. The zero-order valence-corrected chi connectivity index (χ0v) is 10.1. The Kier molecular flexibility index (Phi) is 2.82. The predicted molar refractivity (Wildman–Crippen MR) is 68.3 cm³/mol. The van der Waals surface area contributed by atoms with Crippen LogP contribution in [-0.2, 0) is 0 Å². The molecule has 3 heteroatoms. The van der Waals surface area contributed by atoms with E-state index in [0.717, 1.165) is 22.4 Å². The highest BCUT2D eigenvalue weighted by Gasteiger charge is 2.38. The molecule has 0 saturated carbocycles. The Hall–Kier alpha value is -1.19. The molecule has 1 aromatic rings. The minimum absolute atomic E-state index is 0.197. The number of aliphatic imine (C=N–C) groups is 1. The van der Waals surface area contributed by atoms with Gasteiger partial charge in [0.1, 0.15) is 18.3 Å². The number of quaternary nitrogens is 1. The minimum atomic E-state index is 0.197. The van der Waals surface area contributed by atoms with Crippen LogP contribution in [0.3, 0.4) is 0 Å². The topological polar surface area (TPSA) is 32.6 Å². The molecule has 2 rings (SSSR count). The fourth-order valence-electron chi connectivity index (χ4n) is 2.42. The summed E-state index contributed by atoms with van der Waals surface area (Å²) in [6.45, 7) is 5.16. The zero-order valence-electron chi connectivity index (χ0n) is 10.1. The molecule has 1 N–H and O–H groups in total. The lowest BCUT2D eigenvalue weighted by Crippen LogP contribution is -2.57. The van der Waals surface area contributed by atoms with Crippen molar-refractivity contribution in [1.82, 2.24) is 4.48 Å². The van der Waals surface area contributed by atoms with Crippen LogP contribution in [0.2, 0.25) is 0 Å². The van der Waals surface area contributed by atoms with Crippen LogP contribution in [0, 0.1) is 0 Å². The molecule has 2 unspecified atom stereocenters. The second-order valence-corrected chi connectivity index (χ2v) is 4.63. The summed E-state index contributed by atoms with van der Waals surface area (Å²) in [5.74, 6) is 0. The summed E-state index contributed by atoms with van der Waals surface area (Å²) in [7, 11) is 2.16. The molecule has 0 aliphatic carbocycles. The summed E-state index contributed by atoms with van der Waals surface area (Å²) in [4.78, 5) is 4.62. The monoisotopic (exact) mass is 219 g/mol. The second kappa shape index (κ2) is 4.00. The van der Waals surface area contributed by atoms with Gasteiger partial charge in [0.2, 0.25) is 0 Å². The molecule has 0 fully saturated rings. The molecule has 0 spiro atoms. The minimum Gasteiger partial charge on any atom is -0.390 e. The van der Waals surface area contributed by atoms with Gasteiger partial charge in [0.15, 0.2) is 5.69 Å². The molecule has 0 radical (unpaired) electrons. The lowest BCUT2D eigenvalue weighted by Gasteiger charge is -2.42. The first kappa shape index (κ1) is 11.3. The van der Waals surface area contributed by atoms with E-state index in [0.29, 0.717) is 6.04 Å². The second-order valence-electron chi connectivity index (χ2n) is 4.63. The van der Waals surface area contributed by atoms with Crippen molar-refractivity contribution in [3.63, 3.8) is 0 Å². The summed E-state index contributed by atoms with van der Waals surface area (Å²) >= 11 is 0. The Morgan fingerprint density at radius 3 is 2.75 bits per heavy atom. The van der Waals surface area contributed by atoms with Gasteiger partial charge in [0.05, 0.1) is 19.4 Å². The van der Waals surface area contributed by atoms with E-state index in [1.807, 2.05) is 18.2 Å². The van der Waals surface area contributed by atoms with Gasteiger partial charge >= 0.3 is 0 Å². The molecule has 86 valence electrons. The van der Waals surface area contributed by atoms with Crippen molar-refractivity contribution in [2.75, 3.05) is 20.2 Å². The van der Waals surface area contributed by atoms with Gasteiger partial charge in [-0.1, -0.05) is 12.1 Å². The first-order chi connectivity index (χ1) is 7.59. The molecule has 1 aromatic carbocycles. The van der Waals surface area contributed by atoms with Gasteiger partial charge in [0.25, 0.3) is 0 Å². The standard InChI is InChI=1S/C13H19N2O/c1-10-11(2)15(3,8-9-16)13-7-5-4-6-12(13)14-10/h4-7,11,16H,8-9H2,1-3H3/q+1. The maximum absolute atomic E-state index is 9.26.